The van der Waals surface area contributed by atoms with Gasteiger partial charge in [-0.1, -0.05) is 11.6 Å². The van der Waals surface area contributed by atoms with Gasteiger partial charge in [-0.25, -0.2) is 9.59 Å². The van der Waals surface area contributed by atoms with E-state index in [1.807, 2.05) is 6.92 Å². The highest BCUT2D eigenvalue weighted by atomic mass is 35.5. The van der Waals surface area contributed by atoms with E-state index in [1.54, 1.807) is 29.2 Å². The highest BCUT2D eigenvalue weighted by Crippen LogP contribution is 2.18. The summed E-state index contributed by atoms with van der Waals surface area (Å²) in [5.41, 5.74) is 0.663. The normalized spacial score (nSPS) is 17.6. The third kappa shape index (κ3) is 3.78. The zero-order chi connectivity index (χ0) is 15.4. The lowest BCUT2D eigenvalue weighted by Crippen LogP contribution is -2.44. The van der Waals surface area contributed by atoms with Crippen LogP contribution < -0.4 is 5.32 Å². The number of likely N-dealkylation sites (N-methyl/N-ethyl adjacent to an activating group) is 1. The molecule has 1 aliphatic heterocycles. The van der Waals surface area contributed by atoms with Gasteiger partial charge in [0.2, 0.25) is 0 Å². The molecule has 1 aromatic rings. The van der Waals surface area contributed by atoms with Crippen LogP contribution in [0.15, 0.2) is 24.3 Å². The first-order valence-electron chi connectivity index (χ1n) is 6.82. The Labute approximate surface area is 128 Å². The Bertz CT molecular complexity index is 521. The Morgan fingerprint density at radius 2 is 2.10 bits per heavy atom. The maximum absolute atomic E-state index is 12.3. The molecule has 2 rings (SSSR count). The predicted octanol–water partition coefficient (Wildman–Crippen LogP) is 2.95. The number of halogens is 1. The molecule has 0 radical (unpaired) electrons. The van der Waals surface area contributed by atoms with Crippen molar-refractivity contribution in [2.24, 2.45) is 0 Å². The molecule has 1 aromatic carbocycles. The minimum atomic E-state index is -0.938. The molecule has 0 saturated carbocycles. The van der Waals surface area contributed by atoms with Gasteiger partial charge in [0.25, 0.3) is 0 Å². The SMILES string of the molecule is CCN(C(=O)Nc1ccc(Cl)cc1)C1CCN(C(=O)O)C1. The number of nitrogens with zero attached hydrogens (tertiary/aromatic N) is 2. The van der Waals surface area contributed by atoms with Gasteiger partial charge in [-0.15, -0.1) is 0 Å². The van der Waals surface area contributed by atoms with Crippen molar-refractivity contribution >= 4 is 29.4 Å². The summed E-state index contributed by atoms with van der Waals surface area (Å²) < 4.78 is 0. The number of anilines is 1. The Morgan fingerprint density at radius 3 is 2.62 bits per heavy atom. The number of amides is 3. The molecule has 2 N–H and O–H groups in total. The Morgan fingerprint density at radius 1 is 1.43 bits per heavy atom. The maximum atomic E-state index is 12.3. The molecule has 0 aliphatic carbocycles. The van der Waals surface area contributed by atoms with E-state index in [0.717, 1.165) is 0 Å². The second-order valence-corrected chi connectivity index (χ2v) is 5.33. The molecule has 6 nitrogen and oxygen atoms in total. The summed E-state index contributed by atoms with van der Waals surface area (Å²) >= 11 is 5.80. The standard InChI is InChI=1S/C14H18ClN3O3/c1-2-18(12-7-8-17(9-12)14(20)21)13(19)16-11-5-3-10(15)4-6-11/h3-6,12H,2,7-9H2,1H3,(H,16,19)(H,20,21). The number of rotatable bonds is 3. The maximum Gasteiger partial charge on any atom is 0.407 e. The van der Waals surface area contributed by atoms with Crippen molar-refractivity contribution < 1.29 is 14.7 Å². The molecule has 1 heterocycles. The number of benzene rings is 1. The second-order valence-electron chi connectivity index (χ2n) is 4.89. The average molecular weight is 312 g/mol. The van der Waals surface area contributed by atoms with Crippen LogP contribution in [0.4, 0.5) is 15.3 Å². The van der Waals surface area contributed by atoms with Crippen LogP contribution in [0.25, 0.3) is 0 Å². The molecule has 1 atom stereocenters. The van der Waals surface area contributed by atoms with Crippen LogP contribution in [-0.2, 0) is 0 Å². The monoisotopic (exact) mass is 311 g/mol. The molecule has 0 aromatic heterocycles. The number of hydrogen-bond acceptors (Lipinski definition) is 2. The first-order chi connectivity index (χ1) is 10.0. The number of urea groups is 1. The molecular formula is C14H18ClN3O3. The largest absolute Gasteiger partial charge is 0.465 e. The summed E-state index contributed by atoms with van der Waals surface area (Å²) in [6.45, 7) is 3.23. The van der Waals surface area contributed by atoms with Crippen LogP contribution in [0.2, 0.25) is 5.02 Å². The van der Waals surface area contributed by atoms with E-state index in [2.05, 4.69) is 5.32 Å². The van der Waals surface area contributed by atoms with Gasteiger partial charge in [0, 0.05) is 30.3 Å². The quantitative estimate of drug-likeness (QED) is 0.901. The number of carboxylic acid groups (broad SMARTS) is 1. The van der Waals surface area contributed by atoms with E-state index in [1.165, 1.54) is 4.90 Å². The summed E-state index contributed by atoms with van der Waals surface area (Å²) in [6.07, 6.45) is -0.277. The Kier molecular flexibility index (Phi) is 4.90. The van der Waals surface area contributed by atoms with Crippen molar-refractivity contribution in [3.8, 4) is 0 Å². The third-order valence-corrected chi connectivity index (χ3v) is 3.82. The van der Waals surface area contributed by atoms with Crippen LogP contribution in [0.5, 0.6) is 0 Å². The number of hydrogen-bond donors (Lipinski definition) is 2. The Hall–Kier alpha value is -1.95. The molecule has 0 bridgehead atoms. The van der Waals surface area contributed by atoms with Crippen molar-refractivity contribution in [1.82, 2.24) is 9.80 Å². The van der Waals surface area contributed by atoms with E-state index < -0.39 is 6.09 Å². The third-order valence-electron chi connectivity index (χ3n) is 3.57. The molecule has 114 valence electrons. The fraction of sp³-hybridized carbons (Fsp3) is 0.429. The van der Waals surface area contributed by atoms with Gasteiger partial charge in [0.05, 0.1) is 6.04 Å². The summed E-state index contributed by atoms with van der Waals surface area (Å²) in [4.78, 5) is 26.3. The van der Waals surface area contributed by atoms with Crippen LogP contribution in [0.3, 0.4) is 0 Å². The fourth-order valence-corrected chi connectivity index (χ4v) is 2.59. The van der Waals surface area contributed by atoms with Gasteiger partial charge in [-0.05, 0) is 37.6 Å². The van der Waals surface area contributed by atoms with Crippen LogP contribution in [-0.4, -0.2) is 52.7 Å². The number of likely N-dealkylation sites (tertiary alicyclic amines) is 1. The van der Waals surface area contributed by atoms with E-state index in [-0.39, 0.29) is 12.1 Å². The van der Waals surface area contributed by atoms with E-state index in [9.17, 15) is 9.59 Å². The second kappa shape index (κ2) is 6.67. The molecule has 1 fully saturated rings. The van der Waals surface area contributed by atoms with Crippen LogP contribution >= 0.6 is 11.6 Å². The molecule has 3 amide bonds. The van der Waals surface area contributed by atoms with Gasteiger partial charge in [0.15, 0.2) is 0 Å². The molecule has 1 unspecified atom stereocenters. The van der Waals surface area contributed by atoms with Gasteiger partial charge in [-0.2, -0.15) is 0 Å². The first-order valence-corrected chi connectivity index (χ1v) is 7.20. The predicted molar refractivity (Wildman–Crippen MR) is 80.9 cm³/mol. The lowest BCUT2D eigenvalue weighted by Gasteiger charge is -2.27. The number of carbonyl (C=O) groups excluding carboxylic acids is 1. The van der Waals surface area contributed by atoms with Gasteiger partial charge in [-0.3, -0.25) is 0 Å². The van der Waals surface area contributed by atoms with Crippen molar-refractivity contribution in [3.63, 3.8) is 0 Å². The summed E-state index contributed by atoms with van der Waals surface area (Å²) in [5.74, 6) is 0. The van der Waals surface area contributed by atoms with Gasteiger partial charge < -0.3 is 20.2 Å². The number of carbonyl (C=O) groups is 2. The van der Waals surface area contributed by atoms with E-state index >= 15 is 0 Å². The van der Waals surface area contributed by atoms with Gasteiger partial charge in [0.1, 0.15) is 0 Å². The zero-order valence-corrected chi connectivity index (χ0v) is 12.5. The van der Waals surface area contributed by atoms with Gasteiger partial charge >= 0.3 is 12.1 Å². The minimum Gasteiger partial charge on any atom is -0.465 e. The topological polar surface area (TPSA) is 72.9 Å². The van der Waals surface area contributed by atoms with E-state index in [4.69, 9.17) is 16.7 Å². The fourth-order valence-electron chi connectivity index (χ4n) is 2.47. The smallest absolute Gasteiger partial charge is 0.407 e. The molecule has 0 spiro atoms. The highest BCUT2D eigenvalue weighted by molar-refractivity contribution is 6.30. The van der Waals surface area contributed by atoms with Crippen molar-refractivity contribution in [2.45, 2.75) is 19.4 Å². The van der Waals surface area contributed by atoms with Crippen molar-refractivity contribution in [3.05, 3.63) is 29.3 Å². The molecular weight excluding hydrogens is 294 g/mol. The zero-order valence-electron chi connectivity index (χ0n) is 11.8. The number of nitrogens with one attached hydrogen (secondary N) is 1. The summed E-state index contributed by atoms with van der Waals surface area (Å²) in [6, 6.07) is 6.55. The van der Waals surface area contributed by atoms with Crippen LogP contribution in [0, 0.1) is 0 Å². The average Bonchev–Trinajstić information content (AvgIpc) is 2.92. The summed E-state index contributed by atoms with van der Waals surface area (Å²) in [7, 11) is 0. The van der Waals surface area contributed by atoms with Crippen molar-refractivity contribution in [2.75, 3.05) is 25.0 Å². The first kappa shape index (κ1) is 15.4. The minimum absolute atomic E-state index is 0.0848. The van der Waals surface area contributed by atoms with E-state index in [0.29, 0.717) is 36.8 Å². The molecule has 1 aliphatic rings. The lowest BCUT2D eigenvalue weighted by molar-refractivity contribution is 0.149. The molecule has 7 heteroatoms. The van der Waals surface area contributed by atoms with Crippen molar-refractivity contribution in [1.29, 1.82) is 0 Å². The summed E-state index contributed by atoms with van der Waals surface area (Å²) in [5, 5.41) is 12.4. The highest BCUT2D eigenvalue weighted by Gasteiger charge is 2.32. The Balaban J connectivity index is 1.99. The molecule has 21 heavy (non-hydrogen) atoms. The molecule has 1 saturated heterocycles. The lowest BCUT2D eigenvalue weighted by atomic mass is 10.2. The van der Waals surface area contributed by atoms with Crippen LogP contribution in [0.1, 0.15) is 13.3 Å².